The van der Waals surface area contributed by atoms with Gasteiger partial charge in [0, 0.05) is 31.2 Å². The number of piperazine rings is 1. The average molecular weight is 460 g/mol. The van der Waals surface area contributed by atoms with Gasteiger partial charge in [0.2, 0.25) is 10.0 Å². The molecule has 0 aliphatic carbocycles. The van der Waals surface area contributed by atoms with E-state index < -0.39 is 28.1 Å². The Balaban J connectivity index is 2.02. The van der Waals surface area contributed by atoms with Crippen molar-refractivity contribution < 1.29 is 22.7 Å². The minimum absolute atomic E-state index is 0.0109. The Morgan fingerprint density at radius 3 is 2.17 bits per heavy atom. The van der Waals surface area contributed by atoms with Crippen molar-refractivity contribution in [1.82, 2.24) is 14.5 Å². The van der Waals surface area contributed by atoms with Crippen molar-refractivity contribution in [1.29, 1.82) is 0 Å². The standard InChI is InChI=1S/C20H30ClN3O5S/c1-5-23-10-12-24(13-11-23)19(25)15(4)29-20(26)18(14(2)3)22-30(27,28)17-8-6-16(21)7-9-17/h6-9,14-15,18,22H,5,10-13H2,1-4H3/t15-,18-/m0/s1. The lowest BCUT2D eigenvalue weighted by atomic mass is 10.1. The number of carbonyl (C=O) groups excluding carboxylic acids is 2. The number of halogens is 1. The zero-order valence-corrected chi connectivity index (χ0v) is 19.4. The Labute approximate surface area is 183 Å². The van der Waals surface area contributed by atoms with Crippen LogP contribution in [-0.2, 0) is 24.3 Å². The molecule has 30 heavy (non-hydrogen) atoms. The molecule has 1 N–H and O–H groups in total. The molecule has 0 saturated carbocycles. The molecule has 10 heteroatoms. The summed E-state index contributed by atoms with van der Waals surface area (Å²) in [7, 11) is -3.96. The molecule has 2 atom stereocenters. The number of carbonyl (C=O) groups is 2. The lowest BCUT2D eigenvalue weighted by Crippen LogP contribution is -2.52. The molecule has 0 spiro atoms. The van der Waals surface area contributed by atoms with Crippen LogP contribution in [0.5, 0.6) is 0 Å². The van der Waals surface area contributed by atoms with Crippen molar-refractivity contribution in [3.63, 3.8) is 0 Å². The number of ether oxygens (including phenoxy) is 1. The maximum Gasteiger partial charge on any atom is 0.325 e. The van der Waals surface area contributed by atoms with Crippen LogP contribution in [0.15, 0.2) is 29.2 Å². The molecule has 1 aliphatic heterocycles. The van der Waals surface area contributed by atoms with E-state index in [-0.39, 0.29) is 16.7 Å². The van der Waals surface area contributed by atoms with Crippen LogP contribution >= 0.6 is 11.6 Å². The zero-order chi connectivity index (χ0) is 22.5. The molecule has 0 bridgehead atoms. The molecular weight excluding hydrogens is 430 g/mol. The summed E-state index contributed by atoms with van der Waals surface area (Å²) in [5.74, 6) is -1.44. The Hall–Kier alpha value is -1.68. The Morgan fingerprint density at radius 1 is 1.10 bits per heavy atom. The number of nitrogens with zero attached hydrogens (tertiary/aromatic N) is 2. The summed E-state index contributed by atoms with van der Waals surface area (Å²) in [5, 5.41) is 0.404. The van der Waals surface area contributed by atoms with Crippen LogP contribution in [0.1, 0.15) is 27.7 Å². The molecule has 2 rings (SSSR count). The highest BCUT2D eigenvalue weighted by Crippen LogP contribution is 2.17. The monoisotopic (exact) mass is 459 g/mol. The zero-order valence-electron chi connectivity index (χ0n) is 17.8. The summed E-state index contributed by atoms with van der Waals surface area (Å²) in [4.78, 5) is 29.2. The Kier molecular flexibility index (Phi) is 8.66. The number of amides is 1. The van der Waals surface area contributed by atoms with Gasteiger partial charge >= 0.3 is 5.97 Å². The summed E-state index contributed by atoms with van der Waals surface area (Å²) in [6, 6.07) is 4.50. The van der Waals surface area contributed by atoms with Gasteiger partial charge in [0.1, 0.15) is 6.04 Å². The maximum atomic E-state index is 12.7. The first-order valence-corrected chi connectivity index (χ1v) is 11.9. The van der Waals surface area contributed by atoms with Crippen molar-refractivity contribution in [3.8, 4) is 0 Å². The van der Waals surface area contributed by atoms with Gasteiger partial charge in [-0.2, -0.15) is 4.72 Å². The van der Waals surface area contributed by atoms with Gasteiger partial charge in [-0.1, -0.05) is 32.4 Å². The van der Waals surface area contributed by atoms with Crippen LogP contribution in [0.2, 0.25) is 5.02 Å². The van der Waals surface area contributed by atoms with Crippen molar-refractivity contribution in [2.45, 2.75) is 44.7 Å². The summed E-state index contributed by atoms with van der Waals surface area (Å²) in [6.45, 7) is 10.6. The van der Waals surface area contributed by atoms with Gasteiger partial charge in [-0.15, -0.1) is 0 Å². The van der Waals surface area contributed by atoms with E-state index in [0.717, 1.165) is 19.6 Å². The maximum absolute atomic E-state index is 12.7. The van der Waals surface area contributed by atoms with E-state index in [9.17, 15) is 18.0 Å². The molecule has 0 unspecified atom stereocenters. The lowest BCUT2D eigenvalue weighted by Gasteiger charge is -2.35. The quantitative estimate of drug-likeness (QED) is 0.595. The highest BCUT2D eigenvalue weighted by atomic mass is 35.5. The molecule has 1 aromatic rings. The van der Waals surface area contributed by atoms with Crippen molar-refractivity contribution in [2.75, 3.05) is 32.7 Å². The van der Waals surface area contributed by atoms with Crippen LogP contribution < -0.4 is 4.72 Å². The Morgan fingerprint density at radius 2 is 1.67 bits per heavy atom. The van der Waals surface area contributed by atoms with Gasteiger partial charge in [0.15, 0.2) is 6.10 Å². The molecule has 1 amide bonds. The van der Waals surface area contributed by atoms with Gasteiger partial charge in [-0.05, 0) is 43.7 Å². The highest BCUT2D eigenvalue weighted by Gasteiger charge is 2.33. The number of sulfonamides is 1. The van der Waals surface area contributed by atoms with Gasteiger partial charge in [0.25, 0.3) is 5.91 Å². The van der Waals surface area contributed by atoms with E-state index in [2.05, 4.69) is 16.5 Å². The summed E-state index contributed by atoms with van der Waals surface area (Å²) in [6.07, 6.45) is -0.994. The second kappa shape index (κ2) is 10.6. The molecular formula is C20H30ClN3O5S. The van der Waals surface area contributed by atoms with Crippen LogP contribution in [0.3, 0.4) is 0 Å². The smallest absolute Gasteiger partial charge is 0.325 e. The van der Waals surface area contributed by atoms with Gasteiger partial charge in [-0.3, -0.25) is 9.59 Å². The van der Waals surface area contributed by atoms with Crippen LogP contribution in [0, 0.1) is 5.92 Å². The third-order valence-corrected chi connectivity index (χ3v) is 6.81. The molecule has 8 nitrogen and oxygen atoms in total. The molecule has 168 valence electrons. The van der Waals surface area contributed by atoms with Crippen LogP contribution in [-0.4, -0.2) is 75.0 Å². The molecule has 1 fully saturated rings. The van der Waals surface area contributed by atoms with E-state index in [1.807, 2.05) is 0 Å². The molecule has 1 aromatic carbocycles. The first-order chi connectivity index (χ1) is 14.0. The fourth-order valence-electron chi connectivity index (χ4n) is 3.14. The molecule has 0 aromatic heterocycles. The third-order valence-electron chi connectivity index (χ3n) is 5.10. The second-order valence-corrected chi connectivity index (χ2v) is 9.79. The highest BCUT2D eigenvalue weighted by molar-refractivity contribution is 7.89. The van der Waals surface area contributed by atoms with Crippen molar-refractivity contribution in [2.24, 2.45) is 5.92 Å². The molecule has 1 saturated heterocycles. The van der Waals surface area contributed by atoms with Gasteiger partial charge in [-0.25, -0.2) is 8.42 Å². The lowest BCUT2D eigenvalue weighted by molar-refractivity contribution is -0.162. The van der Waals surface area contributed by atoms with Gasteiger partial charge in [0.05, 0.1) is 4.90 Å². The number of benzene rings is 1. The van der Waals surface area contributed by atoms with E-state index in [1.165, 1.54) is 31.2 Å². The van der Waals surface area contributed by atoms with E-state index in [1.54, 1.807) is 18.7 Å². The third kappa shape index (κ3) is 6.41. The summed E-state index contributed by atoms with van der Waals surface area (Å²) in [5.41, 5.74) is 0. The minimum atomic E-state index is -3.96. The van der Waals surface area contributed by atoms with E-state index in [4.69, 9.17) is 16.3 Å². The fraction of sp³-hybridized carbons (Fsp3) is 0.600. The number of rotatable bonds is 8. The minimum Gasteiger partial charge on any atom is -0.451 e. The van der Waals surface area contributed by atoms with E-state index in [0.29, 0.717) is 18.1 Å². The second-order valence-electron chi connectivity index (χ2n) is 7.64. The first kappa shape index (κ1) is 24.6. The molecule has 1 aliphatic rings. The summed E-state index contributed by atoms with van der Waals surface area (Å²) >= 11 is 5.81. The first-order valence-electron chi connectivity index (χ1n) is 10.0. The van der Waals surface area contributed by atoms with Gasteiger partial charge < -0.3 is 14.5 Å². The molecule has 0 radical (unpaired) electrons. The summed E-state index contributed by atoms with van der Waals surface area (Å²) < 4.78 is 33.0. The fourth-order valence-corrected chi connectivity index (χ4v) is 4.60. The number of hydrogen-bond acceptors (Lipinski definition) is 6. The predicted octanol–water partition coefficient (Wildman–Crippen LogP) is 1.74. The Bertz CT molecular complexity index is 837. The number of esters is 1. The largest absolute Gasteiger partial charge is 0.451 e. The average Bonchev–Trinajstić information content (AvgIpc) is 2.71. The predicted molar refractivity (Wildman–Crippen MR) is 115 cm³/mol. The van der Waals surface area contributed by atoms with Crippen LogP contribution in [0.4, 0.5) is 0 Å². The number of likely N-dealkylation sites (N-methyl/N-ethyl adjacent to an activating group) is 1. The SMILES string of the molecule is CCN1CCN(C(=O)[C@H](C)OC(=O)[C@@H](NS(=O)(=O)c2ccc(Cl)cc2)C(C)C)CC1. The van der Waals surface area contributed by atoms with Crippen molar-refractivity contribution >= 4 is 33.5 Å². The van der Waals surface area contributed by atoms with E-state index >= 15 is 0 Å². The number of hydrogen-bond donors (Lipinski definition) is 1. The number of nitrogens with one attached hydrogen (secondary N) is 1. The van der Waals surface area contributed by atoms with Crippen molar-refractivity contribution in [3.05, 3.63) is 29.3 Å². The topological polar surface area (TPSA) is 96.0 Å². The molecule has 1 heterocycles. The normalized spacial score (nSPS) is 17.6. The van der Waals surface area contributed by atoms with Crippen LogP contribution in [0.25, 0.3) is 0 Å².